The quantitative estimate of drug-likeness (QED) is 0.233. The van der Waals surface area contributed by atoms with E-state index in [1.54, 1.807) is 0 Å². The zero-order chi connectivity index (χ0) is 27.2. The molecule has 1 N–H and O–H groups in total. The Labute approximate surface area is 236 Å². The van der Waals surface area contributed by atoms with E-state index in [1.165, 1.54) is 41.5 Å². The summed E-state index contributed by atoms with van der Waals surface area (Å²) in [6, 6.07) is 3.80. The Morgan fingerprint density at radius 1 is 1.13 bits per heavy atom. The van der Waals surface area contributed by atoms with E-state index in [2.05, 4.69) is 15.5 Å². The number of hydrogen-bond donors (Lipinski definition) is 1. The summed E-state index contributed by atoms with van der Waals surface area (Å²) in [6.07, 6.45) is 6.22. The number of halogens is 1. The van der Waals surface area contributed by atoms with Crippen LogP contribution in [0.25, 0.3) is 0 Å². The Kier molecular flexibility index (Phi) is 9.73. The number of benzene rings is 1. The molecule has 204 valence electrons. The van der Waals surface area contributed by atoms with Gasteiger partial charge in [-0.15, -0.1) is 21.5 Å². The molecule has 0 atom stereocenters. The van der Waals surface area contributed by atoms with Crippen LogP contribution in [0.3, 0.4) is 0 Å². The largest absolute Gasteiger partial charge is 0.486 e. The van der Waals surface area contributed by atoms with Crippen molar-refractivity contribution in [3.8, 4) is 5.75 Å². The van der Waals surface area contributed by atoms with Crippen LogP contribution in [-0.4, -0.2) is 39.5 Å². The first-order chi connectivity index (χ1) is 18.3. The SMILES string of the molecule is CCn1c(COc2cc(C)c(Cl)c(C)c2)nnc1SCC(=O)Nc1sc2c(c1C(=O)OC)CCCCCC2. The van der Waals surface area contributed by atoms with Crippen LogP contribution in [0.2, 0.25) is 5.02 Å². The van der Waals surface area contributed by atoms with E-state index < -0.39 is 5.97 Å². The summed E-state index contributed by atoms with van der Waals surface area (Å²) < 4.78 is 13.0. The van der Waals surface area contributed by atoms with E-state index in [0.717, 1.165) is 59.6 Å². The third-order valence-corrected chi connectivity index (χ3v) is 9.30. The monoisotopic (exact) mass is 576 g/mol. The number of rotatable bonds is 9. The number of carbonyl (C=O) groups excluding carboxylic acids is 2. The van der Waals surface area contributed by atoms with Crippen LogP contribution in [0, 0.1) is 13.8 Å². The van der Waals surface area contributed by atoms with Crippen LogP contribution < -0.4 is 10.1 Å². The molecule has 1 amide bonds. The standard InChI is InChI=1S/C27H33ClN4O4S2/c1-5-32-21(14-36-18-12-16(2)24(28)17(3)13-18)30-31-27(32)37-15-22(33)29-25-23(26(34)35-4)19-10-8-6-7-9-11-20(19)38-25/h12-13H,5-11,14-15H2,1-4H3,(H,29,33). The first-order valence-electron chi connectivity index (χ1n) is 12.8. The second-order valence-corrected chi connectivity index (χ2v) is 11.7. The van der Waals surface area contributed by atoms with Gasteiger partial charge in [0, 0.05) is 16.4 Å². The lowest BCUT2D eigenvalue weighted by molar-refractivity contribution is -0.113. The molecule has 1 aliphatic rings. The van der Waals surface area contributed by atoms with Gasteiger partial charge in [0.05, 0.1) is 18.4 Å². The fraction of sp³-hybridized carbons (Fsp3) is 0.481. The Balaban J connectivity index is 1.42. The van der Waals surface area contributed by atoms with Crippen molar-refractivity contribution < 1.29 is 19.1 Å². The van der Waals surface area contributed by atoms with Gasteiger partial charge in [-0.1, -0.05) is 36.2 Å². The number of carbonyl (C=O) groups is 2. The van der Waals surface area contributed by atoms with Gasteiger partial charge < -0.3 is 19.4 Å². The molecule has 2 heterocycles. The lowest BCUT2D eigenvalue weighted by Gasteiger charge is -2.11. The molecule has 8 nitrogen and oxygen atoms in total. The first-order valence-corrected chi connectivity index (χ1v) is 15.0. The first kappa shape index (κ1) is 28.4. The lowest BCUT2D eigenvalue weighted by Crippen LogP contribution is -2.17. The molecular weight excluding hydrogens is 544 g/mol. The van der Waals surface area contributed by atoms with Crippen LogP contribution >= 0.6 is 34.7 Å². The van der Waals surface area contributed by atoms with Crippen molar-refractivity contribution in [3.05, 3.63) is 50.1 Å². The molecular formula is C27H33ClN4O4S2. The van der Waals surface area contributed by atoms with Crippen LogP contribution in [0.4, 0.5) is 5.00 Å². The number of hydrogen-bond acceptors (Lipinski definition) is 8. The number of aryl methyl sites for hydroxylation is 3. The van der Waals surface area contributed by atoms with Gasteiger partial charge in [0.1, 0.15) is 17.4 Å². The molecule has 0 bridgehead atoms. The number of ether oxygens (including phenoxy) is 2. The smallest absolute Gasteiger partial charge is 0.341 e. The lowest BCUT2D eigenvalue weighted by atomic mass is 9.96. The Hall–Kier alpha value is -2.56. The van der Waals surface area contributed by atoms with Crippen molar-refractivity contribution in [2.75, 3.05) is 18.2 Å². The predicted molar refractivity (Wildman–Crippen MR) is 152 cm³/mol. The van der Waals surface area contributed by atoms with Gasteiger partial charge >= 0.3 is 5.97 Å². The molecule has 0 spiro atoms. The number of thiophene rings is 1. The highest BCUT2D eigenvalue weighted by Crippen LogP contribution is 2.37. The average Bonchev–Trinajstić information content (AvgIpc) is 3.43. The van der Waals surface area contributed by atoms with Gasteiger partial charge in [-0.25, -0.2) is 4.79 Å². The summed E-state index contributed by atoms with van der Waals surface area (Å²) in [5.41, 5.74) is 3.45. The topological polar surface area (TPSA) is 95.3 Å². The number of nitrogens with one attached hydrogen (secondary N) is 1. The third kappa shape index (κ3) is 6.52. The van der Waals surface area contributed by atoms with Crippen molar-refractivity contribution in [2.45, 2.75) is 77.6 Å². The van der Waals surface area contributed by atoms with E-state index in [0.29, 0.717) is 28.1 Å². The molecule has 4 rings (SSSR count). The molecule has 1 aliphatic carbocycles. The molecule has 0 aliphatic heterocycles. The minimum Gasteiger partial charge on any atom is -0.486 e. The molecule has 0 fully saturated rings. The number of aromatic nitrogens is 3. The molecule has 0 saturated heterocycles. The van der Waals surface area contributed by atoms with E-state index in [1.807, 2.05) is 37.5 Å². The van der Waals surface area contributed by atoms with Gasteiger partial charge in [-0.3, -0.25) is 4.79 Å². The van der Waals surface area contributed by atoms with E-state index >= 15 is 0 Å². The van der Waals surface area contributed by atoms with Crippen LogP contribution in [0.15, 0.2) is 17.3 Å². The van der Waals surface area contributed by atoms with Gasteiger partial charge in [0.2, 0.25) is 5.91 Å². The highest BCUT2D eigenvalue weighted by atomic mass is 35.5. The van der Waals surface area contributed by atoms with Crippen molar-refractivity contribution in [2.24, 2.45) is 0 Å². The highest BCUT2D eigenvalue weighted by Gasteiger charge is 2.26. The number of fused-ring (bicyclic) bond motifs is 1. The maximum Gasteiger partial charge on any atom is 0.341 e. The van der Waals surface area contributed by atoms with E-state index in [-0.39, 0.29) is 18.3 Å². The van der Waals surface area contributed by atoms with Gasteiger partial charge in [0.15, 0.2) is 11.0 Å². The number of anilines is 1. The van der Waals surface area contributed by atoms with Crippen LogP contribution in [-0.2, 0) is 35.5 Å². The maximum absolute atomic E-state index is 12.9. The van der Waals surface area contributed by atoms with Gasteiger partial charge in [0.25, 0.3) is 0 Å². The number of esters is 1. The molecule has 11 heteroatoms. The van der Waals surface area contributed by atoms with Crippen LogP contribution in [0.1, 0.15) is 70.4 Å². The molecule has 0 radical (unpaired) electrons. The number of nitrogens with zero attached hydrogens (tertiary/aromatic N) is 3. The van der Waals surface area contributed by atoms with Crippen molar-refractivity contribution in [1.29, 1.82) is 0 Å². The summed E-state index contributed by atoms with van der Waals surface area (Å²) in [7, 11) is 1.38. The number of amides is 1. The van der Waals surface area contributed by atoms with E-state index in [9.17, 15) is 9.59 Å². The molecule has 0 unspecified atom stereocenters. The van der Waals surface area contributed by atoms with Crippen molar-refractivity contribution >= 4 is 51.6 Å². The molecule has 0 saturated carbocycles. The Bertz CT molecular complexity index is 1300. The predicted octanol–water partition coefficient (Wildman–Crippen LogP) is 6.39. The number of thioether (sulfide) groups is 1. The summed E-state index contributed by atoms with van der Waals surface area (Å²) >= 11 is 9.06. The van der Waals surface area contributed by atoms with E-state index in [4.69, 9.17) is 21.1 Å². The summed E-state index contributed by atoms with van der Waals surface area (Å²) in [5.74, 6) is 0.928. The molecule has 2 aromatic heterocycles. The van der Waals surface area contributed by atoms with Crippen LogP contribution in [0.5, 0.6) is 5.75 Å². The normalized spacial score (nSPS) is 13.4. The number of methoxy groups -OCH3 is 1. The fourth-order valence-electron chi connectivity index (χ4n) is 4.61. The molecule has 1 aromatic carbocycles. The Morgan fingerprint density at radius 3 is 2.53 bits per heavy atom. The summed E-state index contributed by atoms with van der Waals surface area (Å²) in [6.45, 7) is 6.77. The van der Waals surface area contributed by atoms with Crippen molar-refractivity contribution in [1.82, 2.24) is 14.8 Å². The summed E-state index contributed by atoms with van der Waals surface area (Å²) in [4.78, 5) is 26.7. The molecule has 38 heavy (non-hydrogen) atoms. The van der Waals surface area contributed by atoms with Gasteiger partial charge in [-0.2, -0.15) is 0 Å². The van der Waals surface area contributed by atoms with Crippen molar-refractivity contribution in [3.63, 3.8) is 0 Å². The highest BCUT2D eigenvalue weighted by molar-refractivity contribution is 7.99. The minimum absolute atomic E-state index is 0.137. The zero-order valence-electron chi connectivity index (χ0n) is 22.2. The Morgan fingerprint density at radius 2 is 1.84 bits per heavy atom. The maximum atomic E-state index is 12.9. The fourth-order valence-corrected chi connectivity index (χ4v) is 6.83. The second-order valence-electron chi connectivity index (χ2n) is 9.25. The average molecular weight is 577 g/mol. The third-order valence-electron chi connectivity index (χ3n) is 6.53. The second kappa shape index (κ2) is 13.0. The summed E-state index contributed by atoms with van der Waals surface area (Å²) in [5, 5.41) is 13.5. The van der Waals surface area contributed by atoms with Gasteiger partial charge in [-0.05, 0) is 75.3 Å². The zero-order valence-corrected chi connectivity index (χ0v) is 24.6. The minimum atomic E-state index is -0.396. The molecule has 3 aromatic rings.